The average Bonchev–Trinajstić information content (AvgIpc) is 1.82. The first-order valence-corrected chi connectivity index (χ1v) is 4.77. The quantitative estimate of drug-likeness (QED) is 0.655. The Morgan fingerprint density at radius 2 is 2.08 bits per heavy atom. The van der Waals surface area contributed by atoms with Crippen LogP contribution in [0.15, 0.2) is 0 Å². The van der Waals surface area contributed by atoms with Gasteiger partial charge in [0.05, 0.1) is 12.2 Å². The second-order valence-electron chi connectivity index (χ2n) is 4.94. The lowest BCUT2D eigenvalue weighted by molar-refractivity contribution is -0.0578. The standard InChI is InChI=1S/C10H20O2/c1-10(2,3)7-9-6-8(11)4-5-12-9/h8-9,11H,4-7H2,1-3H3. The fourth-order valence-electron chi connectivity index (χ4n) is 1.69. The Bertz CT molecular complexity index is 137. The molecule has 1 N–H and O–H groups in total. The summed E-state index contributed by atoms with van der Waals surface area (Å²) in [5, 5.41) is 9.40. The Hall–Kier alpha value is -0.0800. The lowest BCUT2D eigenvalue weighted by Gasteiger charge is -2.31. The van der Waals surface area contributed by atoms with E-state index in [1.807, 2.05) is 0 Å². The van der Waals surface area contributed by atoms with Gasteiger partial charge in [0.15, 0.2) is 0 Å². The number of aliphatic hydroxyl groups excluding tert-OH is 1. The third-order valence-electron chi connectivity index (χ3n) is 2.18. The average molecular weight is 172 g/mol. The Morgan fingerprint density at radius 3 is 2.58 bits per heavy atom. The number of hydrogen-bond donors (Lipinski definition) is 1. The number of hydrogen-bond acceptors (Lipinski definition) is 2. The van der Waals surface area contributed by atoms with Crippen LogP contribution in [0.5, 0.6) is 0 Å². The lowest BCUT2D eigenvalue weighted by atomic mass is 9.86. The maximum Gasteiger partial charge on any atom is 0.0604 e. The van der Waals surface area contributed by atoms with Crippen LogP contribution < -0.4 is 0 Å². The first-order valence-electron chi connectivity index (χ1n) is 4.77. The molecule has 0 spiro atoms. The van der Waals surface area contributed by atoms with E-state index < -0.39 is 0 Å². The van der Waals surface area contributed by atoms with Crippen LogP contribution in [0.2, 0.25) is 0 Å². The summed E-state index contributed by atoms with van der Waals surface area (Å²) in [6.07, 6.45) is 2.81. The molecule has 1 aliphatic rings. The molecular weight excluding hydrogens is 152 g/mol. The summed E-state index contributed by atoms with van der Waals surface area (Å²) in [4.78, 5) is 0. The van der Waals surface area contributed by atoms with Gasteiger partial charge >= 0.3 is 0 Å². The molecule has 1 heterocycles. The molecule has 1 aliphatic heterocycles. The van der Waals surface area contributed by atoms with E-state index in [4.69, 9.17) is 4.74 Å². The summed E-state index contributed by atoms with van der Waals surface area (Å²) >= 11 is 0. The molecule has 0 aliphatic carbocycles. The van der Waals surface area contributed by atoms with E-state index in [1.54, 1.807) is 0 Å². The molecule has 0 bridgehead atoms. The minimum atomic E-state index is -0.133. The Kier molecular flexibility index (Phi) is 3.13. The molecule has 12 heavy (non-hydrogen) atoms. The van der Waals surface area contributed by atoms with Crippen molar-refractivity contribution >= 4 is 0 Å². The van der Waals surface area contributed by atoms with E-state index in [9.17, 15) is 5.11 Å². The smallest absolute Gasteiger partial charge is 0.0604 e. The zero-order valence-electron chi connectivity index (χ0n) is 8.34. The predicted molar refractivity (Wildman–Crippen MR) is 49.1 cm³/mol. The van der Waals surface area contributed by atoms with Crippen LogP contribution >= 0.6 is 0 Å². The molecule has 1 rings (SSSR count). The number of rotatable bonds is 1. The topological polar surface area (TPSA) is 29.5 Å². The van der Waals surface area contributed by atoms with Crippen molar-refractivity contribution in [1.82, 2.24) is 0 Å². The molecule has 0 aromatic heterocycles. The first-order chi connectivity index (χ1) is 5.47. The third-order valence-corrected chi connectivity index (χ3v) is 2.18. The van der Waals surface area contributed by atoms with Gasteiger partial charge in [0.1, 0.15) is 0 Å². The van der Waals surface area contributed by atoms with Gasteiger partial charge in [-0.1, -0.05) is 20.8 Å². The molecule has 2 heteroatoms. The maximum atomic E-state index is 9.40. The van der Waals surface area contributed by atoms with Crippen molar-refractivity contribution < 1.29 is 9.84 Å². The van der Waals surface area contributed by atoms with Crippen molar-refractivity contribution in [3.63, 3.8) is 0 Å². The van der Waals surface area contributed by atoms with E-state index >= 15 is 0 Å². The molecule has 0 aromatic rings. The van der Waals surface area contributed by atoms with E-state index in [1.165, 1.54) is 0 Å². The van der Waals surface area contributed by atoms with Crippen molar-refractivity contribution in [3.8, 4) is 0 Å². The summed E-state index contributed by atoms with van der Waals surface area (Å²) in [6.45, 7) is 7.34. The number of ether oxygens (including phenoxy) is 1. The Balaban J connectivity index is 2.32. The van der Waals surface area contributed by atoms with Crippen LogP contribution in [0, 0.1) is 5.41 Å². The Labute approximate surface area is 74.9 Å². The van der Waals surface area contributed by atoms with Crippen LogP contribution in [-0.2, 0) is 4.74 Å². The highest BCUT2D eigenvalue weighted by atomic mass is 16.5. The molecule has 0 amide bonds. The molecule has 2 unspecified atom stereocenters. The van der Waals surface area contributed by atoms with Gasteiger partial charge in [0.2, 0.25) is 0 Å². The van der Waals surface area contributed by atoms with Crippen molar-refractivity contribution in [3.05, 3.63) is 0 Å². The monoisotopic (exact) mass is 172 g/mol. The molecule has 2 nitrogen and oxygen atoms in total. The highest BCUT2D eigenvalue weighted by molar-refractivity contribution is 4.75. The molecule has 0 radical (unpaired) electrons. The molecule has 1 fully saturated rings. The zero-order chi connectivity index (χ0) is 9.19. The highest BCUT2D eigenvalue weighted by Gasteiger charge is 2.25. The van der Waals surface area contributed by atoms with Crippen molar-refractivity contribution in [2.45, 2.75) is 52.2 Å². The van der Waals surface area contributed by atoms with E-state index in [-0.39, 0.29) is 12.2 Å². The lowest BCUT2D eigenvalue weighted by Crippen LogP contribution is -2.31. The van der Waals surface area contributed by atoms with Gasteiger partial charge in [-0.3, -0.25) is 0 Å². The fraction of sp³-hybridized carbons (Fsp3) is 1.00. The summed E-state index contributed by atoms with van der Waals surface area (Å²) in [7, 11) is 0. The van der Waals surface area contributed by atoms with Gasteiger partial charge in [-0.25, -0.2) is 0 Å². The van der Waals surface area contributed by atoms with Gasteiger partial charge in [-0.2, -0.15) is 0 Å². The summed E-state index contributed by atoms with van der Waals surface area (Å²) < 4.78 is 5.56. The highest BCUT2D eigenvalue weighted by Crippen LogP contribution is 2.27. The maximum absolute atomic E-state index is 9.40. The van der Waals surface area contributed by atoms with E-state index in [0.29, 0.717) is 5.41 Å². The summed E-state index contributed by atoms with van der Waals surface area (Å²) in [5.74, 6) is 0. The molecule has 1 saturated heterocycles. The van der Waals surface area contributed by atoms with Gasteiger partial charge < -0.3 is 9.84 Å². The van der Waals surface area contributed by atoms with Crippen molar-refractivity contribution in [2.24, 2.45) is 5.41 Å². The summed E-state index contributed by atoms with van der Waals surface area (Å²) in [6, 6.07) is 0. The first kappa shape index (κ1) is 10.0. The minimum Gasteiger partial charge on any atom is -0.393 e. The van der Waals surface area contributed by atoms with Crippen LogP contribution in [-0.4, -0.2) is 23.9 Å². The minimum absolute atomic E-state index is 0.133. The van der Waals surface area contributed by atoms with Gasteiger partial charge in [-0.05, 0) is 24.7 Å². The van der Waals surface area contributed by atoms with E-state index in [0.717, 1.165) is 25.9 Å². The second-order valence-corrected chi connectivity index (χ2v) is 4.94. The SMILES string of the molecule is CC(C)(C)CC1CC(O)CCO1. The van der Waals surface area contributed by atoms with Crippen LogP contribution in [0.1, 0.15) is 40.0 Å². The van der Waals surface area contributed by atoms with Gasteiger partial charge in [0, 0.05) is 6.61 Å². The molecule has 72 valence electrons. The van der Waals surface area contributed by atoms with Crippen LogP contribution in [0.3, 0.4) is 0 Å². The Morgan fingerprint density at radius 1 is 1.42 bits per heavy atom. The molecule has 0 saturated carbocycles. The molecular formula is C10H20O2. The normalized spacial score (nSPS) is 32.0. The summed E-state index contributed by atoms with van der Waals surface area (Å²) in [5.41, 5.74) is 0.307. The van der Waals surface area contributed by atoms with Crippen molar-refractivity contribution in [2.75, 3.05) is 6.61 Å². The third kappa shape index (κ3) is 3.55. The fourth-order valence-corrected chi connectivity index (χ4v) is 1.69. The van der Waals surface area contributed by atoms with Crippen LogP contribution in [0.4, 0.5) is 0 Å². The second kappa shape index (κ2) is 3.75. The largest absolute Gasteiger partial charge is 0.393 e. The molecule has 2 atom stereocenters. The molecule has 0 aromatic carbocycles. The van der Waals surface area contributed by atoms with Gasteiger partial charge in [-0.15, -0.1) is 0 Å². The van der Waals surface area contributed by atoms with Crippen LogP contribution in [0.25, 0.3) is 0 Å². The van der Waals surface area contributed by atoms with Gasteiger partial charge in [0.25, 0.3) is 0 Å². The van der Waals surface area contributed by atoms with E-state index in [2.05, 4.69) is 20.8 Å². The predicted octanol–water partition coefficient (Wildman–Crippen LogP) is 1.96. The van der Waals surface area contributed by atoms with Crippen molar-refractivity contribution in [1.29, 1.82) is 0 Å². The number of aliphatic hydroxyl groups is 1. The zero-order valence-corrected chi connectivity index (χ0v) is 8.34.